The highest BCUT2D eigenvalue weighted by atomic mass is 16.5. The van der Waals surface area contributed by atoms with E-state index in [-0.39, 0.29) is 12.2 Å². The van der Waals surface area contributed by atoms with Crippen molar-refractivity contribution in [3.8, 4) is 0 Å². The summed E-state index contributed by atoms with van der Waals surface area (Å²) in [5.74, 6) is 1.03. The lowest BCUT2D eigenvalue weighted by Gasteiger charge is -2.14. The van der Waals surface area contributed by atoms with Gasteiger partial charge in [0.05, 0.1) is 12.2 Å². The largest absolute Gasteiger partial charge is 0.393 e. The SMILES string of the molecule is Cn1ccnc1CCC(O)CC1CCCO1. The number of aliphatic hydroxyl groups is 1. The average molecular weight is 224 g/mol. The Morgan fingerprint density at radius 2 is 2.56 bits per heavy atom. The van der Waals surface area contributed by atoms with Crippen LogP contribution in [0, 0.1) is 0 Å². The third-order valence-corrected chi connectivity index (χ3v) is 3.18. The molecular weight excluding hydrogens is 204 g/mol. The van der Waals surface area contributed by atoms with Crippen molar-refractivity contribution in [2.24, 2.45) is 7.05 Å². The van der Waals surface area contributed by atoms with Gasteiger partial charge in [0.2, 0.25) is 0 Å². The number of aryl methyl sites for hydroxylation is 2. The molecule has 0 aliphatic carbocycles. The van der Waals surface area contributed by atoms with Gasteiger partial charge in [-0.05, 0) is 25.7 Å². The Hall–Kier alpha value is -0.870. The lowest BCUT2D eigenvalue weighted by atomic mass is 10.0. The van der Waals surface area contributed by atoms with Gasteiger partial charge >= 0.3 is 0 Å². The van der Waals surface area contributed by atoms with Gasteiger partial charge < -0.3 is 14.4 Å². The molecule has 16 heavy (non-hydrogen) atoms. The predicted octanol–water partition coefficient (Wildman–Crippen LogP) is 1.28. The van der Waals surface area contributed by atoms with Crippen LogP contribution in [0.3, 0.4) is 0 Å². The fourth-order valence-corrected chi connectivity index (χ4v) is 2.18. The number of ether oxygens (including phenoxy) is 1. The number of rotatable bonds is 5. The summed E-state index contributed by atoms with van der Waals surface area (Å²) < 4.78 is 7.50. The molecule has 4 nitrogen and oxygen atoms in total. The fourth-order valence-electron chi connectivity index (χ4n) is 2.18. The van der Waals surface area contributed by atoms with E-state index in [9.17, 15) is 5.11 Å². The van der Waals surface area contributed by atoms with Gasteiger partial charge in [-0.1, -0.05) is 0 Å². The lowest BCUT2D eigenvalue weighted by molar-refractivity contribution is 0.0505. The maximum atomic E-state index is 9.88. The predicted molar refractivity (Wildman–Crippen MR) is 61.1 cm³/mol. The van der Waals surface area contributed by atoms with Crippen LogP contribution in [0.4, 0.5) is 0 Å². The quantitative estimate of drug-likeness (QED) is 0.819. The molecule has 0 aromatic carbocycles. The summed E-state index contributed by atoms with van der Waals surface area (Å²) >= 11 is 0. The van der Waals surface area contributed by atoms with Crippen LogP contribution in [0.1, 0.15) is 31.5 Å². The highest BCUT2D eigenvalue weighted by Crippen LogP contribution is 2.18. The average Bonchev–Trinajstić information content (AvgIpc) is 2.87. The third-order valence-electron chi connectivity index (χ3n) is 3.18. The van der Waals surface area contributed by atoms with E-state index < -0.39 is 0 Å². The van der Waals surface area contributed by atoms with Crippen LogP contribution in [-0.2, 0) is 18.2 Å². The van der Waals surface area contributed by atoms with Gasteiger partial charge in [0.15, 0.2) is 0 Å². The number of aromatic nitrogens is 2. The number of nitrogens with zero attached hydrogens (tertiary/aromatic N) is 2. The molecule has 2 heterocycles. The van der Waals surface area contributed by atoms with Crippen molar-refractivity contribution in [2.75, 3.05) is 6.61 Å². The molecule has 0 spiro atoms. The van der Waals surface area contributed by atoms with E-state index >= 15 is 0 Å². The number of aliphatic hydroxyl groups excluding tert-OH is 1. The van der Waals surface area contributed by atoms with E-state index in [1.807, 2.05) is 17.8 Å². The molecule has 1 aromatic rings. The number of imidazole rings is 1. The molecular formula is C12H20N2O2. The molecule has 2 atom stereocenters. The molecule has 0 bridgehead atoms. The minimum Gasteiger partial charge on any atom is -0.393 e. The van der Waals surface area contributed by atoms with Gasteiger partial charge in [0.1, 0.15) is 5.82 Å². The summed E-state index contributed by atoms with van der Waals surface area (Å²) in [6, 6.07) is 0. The topological polar surface area (TPSA) is 47.3 Å². The molecule has 1 aliphatic heterocycles. The molecule has 1 saturated heterocycles. The van der Waals surface area contributed by atoms with E-state index in [4.69, 9.17) is 4.74 Å². The summed E-state index contributed by atoms with van der Waals surface area (Å²) in [6.45, 7) is 0.858. The molecule has 0 amide bonds. The van der Waals surface area contributed by atoms with Gasteiger partial charge in [-0.2, -0.15) is 0 Å². The molecule has 1 fully saturated rings. The van der Waals surface area contributed by atoms with Gasteiger partial charge in [-0.25, -0.2) is 4.98 Å². The van der Waals surface area contributed by atoms with Crippen molar-refractivity contribution in [2.45, 2.75) is 44.3 Å². The molecule has 2 unspecified atom stereocenters. The zero-order chi connectivity index (χ0) is 11.4. The van der Waals surface area contributed by atoms with E-state index in [0.717, 1.165) is 44.5 Å². The second-order valence-electron chi connectivity index (χ2n) is 4.52. The first-order valence-electron chi connectivity index (χ1n) is 6.01. The monoisotopic (exact) mass is 224 g/mol. The Kier molecular flexibility index (Phi) is 3.96. The fraction of sp³-hybridized carbons (Fsp3) is 0.750. The zero-order valence-electron chi connectivity index (χ0n) is 9.80. The Bertz CT molecular complexity index is 319. The van der Waals surface area contributed by atoms with E-state index in [1.54, 1.807) is 6.20 Å². The second kappa shape index (κ2) is 5.46. The van der Waals surface area contributed by atoms with Crippen molar-refractivity contribution in [1.29, 1.82) is 0 Å². The highest BCUT2D eigenvalue weighted by molar-refractivity contribution is 4.91. The van der Waals surface area contributed by atoms with Crippen molar-refractivity contribution < 1.29 is 9.84 Å². The Morgan fingerprint density at radius 1 is 1.69 bits per heavy atom. The van der Waals surface area contributed by atoms with Crippen LogP contribution in [-0.4, -0.2) is 33.5 Å². The van der Waals surface area contributed by atoms with Crippen LogP contribution >= 0.6 is 0 Å². The molecule has 0 saturated carbocycles. The minimum absolute atomic E-state index is 0.264. The van der Waals surface area contributed by atoms with Crippen LogP contribution < -0.4 is 0 Å². The minimum atomic E-state index is -0.264. The second-order valence-corrected chi connectivity index (χ2v) is 4.52. The first kappa shape index (κ1) is 11.6. The van der Waals surface area contributed by atoms with Crippen LogP contribution in [0.5, 0.6) is 0 Å². The Morgan fingerprint density at radius 3 is 3.19 bits per heavy atom. The summed E-state index contributed by atoms with van der Waals surface area (Å²) in [4.78, 5) is 4.24. The zero-order valence-corrected chi connectivity index (χ0v) is 9.80. The van der Waals surface area contributed by atoms with Crippen molar-refractivity contribution in [1.82, 2.24) is 9.55 Å². The smallest absolute Gasteiger partial charge is 0.108 e. The maximum absolute atomic E-state index is 9.88. The normalized spacial score (nSPS) is 22.5. The molecule has 1 N–H and O–H groups in total. The van der Waals surface area contributed by atoms with Gasteiger partial charge in [0.25, 0.3) is 0 Å². The summed E-state index contributed by atoms with van der Waals surface area (Å²) in [6.07, 6.45) is 8.34. The molecule has 1 aromatic heterocycles. The Balaban J connectivity index is 1.71. The highest BCUT2D eigenvalue weighted by Gasteiger charge is 2.19. The van der Waals surface area contributed by atoms with Crippen molar-refractivity contribution in [3.63, 3.8) is 0 Å². The maximum Gasteiger partial charge on any atom is 0.108 e. The standard InChI is InChI=1S/C12H20N2O2/c1-14-7-6-13-12(14)5-4-10(15)9-11-3-2-8-16-11/h6-7,10-11,15H,2-5,8-9H2,1H3. The van der Waals surface area contributed by atoms with Crippen molar-refractivity contribution in [3.05, 3.63) is 18.2 Å². The van der Waals surface area contributed by atoms with E-state index in [1.165, 1.54) is 0 Å². The molecule has 0 radical (unpaired) electrons. The number of hydrogen-bond donors (Lipinski definition) is 1. The lowest BCUT2D eigenvalue weighted by Crippen LogP contribution is -2.18. The van der Waals surface area contributed by atoms with E-state index in [2.05, 4.69) is 4.98 Å². The van der Waals surface area contributed by atoms with Crippen LogP contribution in [0.15, 0.2) is 12.4 Å². The molecule has 2 rings (SSSR count). The van der Waals surface area contributed by atoms with Crippen LogP contribution in [0.2, 0.25) is 0 Å². The number of hydrogen-bond acceptors (Lipinski definition) is 3. The first-order valence-corrected chi connectivity index (χ1v) is 6.01. The van der Waals surface area contributed by atoms with Gasteiger partial charge in [0, 0.05) is 32.5 Å². The van der Waals surface area contributed by atoms with Crippen LogP contribution in [0.25, 0.3) is 0 Å². The summed E-state index contributed by atoms with van der Waals surface area (Å²) in [5, 5.41) is 9.88. The summed E-state index contributed by atoms with van der Waals surface area (Å²) in [5.41, 5.74) is 0. The van der Waals surface area contributed by atoms with Gasteiger partial charge in [-0.3, -0.25) is 0 Å². The molecule has 4 heteroatoms. The van der Waals surface area contributed by atoms with E-state index in [0.29, 0.717) is 0 Å². The first-order chi connectivity index (χ1) is 7.75. The molecule has 1 aliphatic rings. The third kappa shape index (κ3) is 3.06. The summed E-state index contributed by atoms with van der Waals surface area (Å²) in [7, 11) is 1.98. The van der Waals surface area contributed by atoms with Gasteiger partial charge in [-0.15, -0.1) is 0 Å². The van der Waals surface area contributed by atoms with Crippen molar-refractivity contribution >= 4 is 0 Å². The Labute approximate surface area is 96.3 Å². The molecule has 90 valence electrons.